The van der Waals surface area contributed by atoms with Gasteiger partial charge in [-0.25, -0.2) is 8.42 Å². The van der Waals surface area contributed by atoms with Crippen LogP contribution in [0.15, 0.2) is 0 Å². The first-order valence-corrected chi connectivity index (χ1v) is 10.3. The molecule has 0 aromatic heterocycles. The number of nitrogens with one attached hydrogen (secondary N) is 1. The molecule has 1 aliphatic heterocycles. The van der Waals surface area contributed by atoms with Crippen LogP contribution in [-0.2, 0) is 10.0 Å². The molecule has 2 aliphatic rings. The summed E-state index contributed by atoms with van der Waals surface area (Å²) >= 11 is 0. The Bertz CT molecular complexity index is 405. The molecule has 0 radical (unpaired) electrons. The highest BCUT2D eigenvalue weighted by molar-refractivity contribution is 7.88. The molecule has 21 heavy (non-hydrogen) atoms. The summed E-state index contributed by atoms with van der Waals surface area (Å²) in [5, 5.41) is 3.69. The van der Waals surface area contributed by atoms with E-state index in [1.54, 1.807) is 4.31 Å². The van der Waals surface area contributed by atoms with Crippen molar-refractivity contribution in [1.82, 2.24) is 14.5 Å². The van der Waals surface area contributed by atoms with E-state index >= 15 is 0 Å². The predicted octanol–water partition coefficient (Wildman–Crippen LogP) is 1.12. The zero-order chi connectivity index (χ0) is 15.3. The van der Waals surface area contributed by atoms with Gasteiger partial charge in [-0.1, -0.05) is 13.3 Å². The summed E-state index contributed by atoms with van der Waals surface area (Å²) in [7, 11) is -3.00. The van der Waals surface area contributed by atoms with Crippen molar-refractivity contribution >= 4 is 10.0 Å². The van der Waals surface area contributed by atoms with Gasteiger partial charge in [0.2, 0.25) is 10.0 Å². The Kier molecular flexibility index (Phi) is 6.47. The molecule has 2 fully saturated rings. The van der Waals surface area contributed by atoms with E-state index < -0.39 is 10.0 Å². The van der Waals surface area contributed by atoms with Gasteiger partial charge < -0.3 is 10.2 Å². The van der Waals surface area contributed by atoms with E-state index in [0.29, 0.717) is 19.1 Å². The molecule has 2 rings (SSSR count). The van der Waals surface area contributed by atoms with Crippen LogP contribution in [0, 0.1) is 5.92 Å². The van der Waals surface area contributed by atoms with Crippen LogP contribution in [0.1, 0.15) is 39.0 Å². The summed E-state index contributed by atoms with van der Waals surface area (Å²) in [5.41, 5.74) is 0. The summed E-state index contributed by atoms with van der Waals surface area (Å²) < 4.78 is 24.6. The van der Waals surface area contributed by atoms with Crippen molar-refractivity contribution in [3.63, 3.8) is 0 Å². The minimum atomic E-state index is -3.00. The third kappa shape index (κ3) is 5.20. The van der Waals surface area contributed by atoms with Crippen LogP contribution in [-0.4, -0.2) is 69.2 Å². The number of hydrogen-bond donors (Lipinski definition) is 1. The summed E-state index contributed by atoms with van der Waals surface area (Å²) in [6.45, 7) is 7.54. The van der Waals surface area contributed by atoms with Crippen LogP contribution in [0.25, 0.3) is 0 Å². The molecule has 2 atom stereocenters. The van der Waals surface area contributed by atoms with E-state index in [-0.39, 0.29) is 0 Å². The topological polar surface area (TPSA) is 52.6 Å². The SMILES string of the molecule is CCCNC1CCCC1CCN1CCN(S(C)(=O)=O)CC1. The van der Waals surface area contributed by atoms with Gasteiger partial charge in [0.25, 0.3) is 0 Å². The Balaban J connectivity index is 1.69. The summed E-state index contributed by atoms with van der Waals surface area (Å²) in [6, 6.07) is 0.710. The quantitative estimate of drug-likeness (QED) is 0.764. The van der Waals surface area contributed by atoms with Crippen LogP contribution < -0.4 is 5.32 Å². The lowest BCUT2D eigenvalue weighted by Crippen LogP contribution is -2.48. The monoisotopic (exact) mass is 317 g/mol. The first kappa shape index (κ1) is 17.2. The Morgan fingerprint density at radius 1 is 1.14 bits per heavy atom. The van der Waals surface area contributed by atoms with Gasteiger partial charge in [0, 0.05) is 32.2 Å². The van der Waals surface area contributed by atoms with E-state index in [4.69, 9.17) is 0 Å². The maximum Gasteiger partial charge on any atom is 0.211 e. The predicted molar refractivity (Wildman–Crippen MR) is 86.9 cm³/mol. The lowest BCUT2D eigenvalue weighted by molar-refractivity contribution is 0.175. The minimum Gasteiger partial charge on any atom is -0.314 e. The fraction of sp³-hybridized carbons (Fsp3) is 1.00. The largest absolute Gasteiger partial charge is 0.314 e. The summed E-state index contributed by atoms with van der Waals surface area (Å²) in [4.78, 5) is 2.43. The standard InChI is InChI=1S/C15H31N3O2S/c1-3-8-16-15-6-4-5-14(15)7-9-17-10-12-18(13-11-17)21(2,19)20/h14-16H,3-13H2,1-2H3. The second kappa shape index (κ2) is 7.90. The Morgan fingerprint density at radius 2 is 1.86 bits per heavy atom. The average molecular weight is 317 g/mol. The van der Waals surface area contributed by atoms with Gasteiger partial charge in [-0.2, -0.15) is 4.31 Å². The molecule has 1 heterocycles. The number of nitrogens with zero attached hydrogens (tertiary/aromatic N) is 2. The summed E-state index contributed by atoms with van der Waals surface area (Å²) in [5.74, 6) is 0.810. The van der Waals surface area contributed by atoms with Crippen molar-refractivity contribution in [2.75, 3.05) is 45.5 Å². The highest BCUT2D eigenvalue weighted by Gasteiger charge is 2.28. The zero-order valence-corrected chi connectivity index (χ0v) is 14.4. The fourth-order valence-corrected chi connectivity index (χ4v) is 4.44. The van der Waals surface area contributed by atoms with Crippen LogP contribution in [0.5, 0.6) is 0 Å². The van der Waals surface area contributed by atoms with E-state index in [2.05, 4.69) is 17.1 Å². The maximum atomic E-state index is 11.5. The lowest BCUT2D eigenvalue weighted by Gasteiger charge is -2.34. The number of sulfonamides is 1. The number of piperazine rings is 1. The molecule has 1 aliphatic carbocycles. The first-order valence-electron chi connectivity index (χ1n) is 8.41. The molecule has 1 saturated heterocycles. The highest BCUT2D eigenvalue weighted by atomic mass is 32.2. The minimum absolute atomic E-state index is 0.654. The second-order valence-corrected chi connectivity index (χ2v) is 8.53. The maximum absolute atomic E-state index is 11.5. The van der Waals surface area contributed by atoms with Gasteiger partial charge in [-0.3, -0.25) is 0 Å². The Labute approximate surface area is 130 Å². The van der Waals surface area contributed by atoms with Crippen LogP contribution in [0.3, 0.4) is 0 Å². The van der Waals surface area contributed by atoms with Crippen molar-refractivity contribution in [3.8, 4) is 0 Å². The molecule has 0 aromatic rings. The van der Waals surface area contributed by atoms with Crippen LogP contribution in [0.2, 0.25) is 0 Å². The van der Waals surface area contributed by atoms with Gasteiger partial charge >= 0.3 is 0 Å². The molecule has 0 amide bonds. The lowest BCUT2D eigenvalue weighted by atomic mass is 9.99. The number of hydrogen-bond acceptors (Lipinski definition) is 4. The van der Waals surface area contributed by atoms with Crippen molar-refractivity contribution in [2.45, 2.75) is 45.1 Å². The molecule has 124 valence electrons. The van der Waals surface area contributed by atoms with Gasteiger partial charge in [0.05, 0.1) is 6.26 Å². The third-order valence-electron chi connectivity index (χ3n) is 4.93. The smallest absolute Gasteiger partial charge is 0.211 e. The molecule has 1 saturated carbocycles. The van der Waals surface area contributed by atoms with Crippen LogP contribution >= 0.6 is 0 Å². The molecule has 0 bridgehead atoms. The summed E-state index contributed by atoms with van der Waals surface area (Å²) in [6.07, 6.45) is 7.80. The number of rotatable bonds is 7. The van der Waals surface area contributed by atoms with Crippen molar-refractivity contribution in [2.24, 2.45) is 5.92 Å². The molecular weight excluding hydrogens is 286 g/mol. The molecule has 2 unspecified atom stereocenters. The molecule has 5 nitrogen and oxygen atoms in total. The van der Waals surface area contributed by atoms with E-state index in [9.17, 15) is 8.42 Å². The Hall–Kier alpha value is -0.170. The van der Waals surface area contributed by atoms with Crippen molar-refractivity contribution in [3.05, 3.63) is 0 Å². The van der Waals surface area contributed by atoms with Gasteiger partial charge in [-0.05, 0) is 44.7 Å². The zero-order valence-electron chi connectivity index (χ0n) is 13.6. The van der Waals surface area contributed by atoms with Gasteiger partial charge in [0.15, 0.2) is 0 Å². The molecule has 0 aromatic carbocycles. The van der Waals surface area contributed by atoms with Gasteiger partial charge in [-0.15, -0.1) is 0 Å². The third-order valence-corrected chi connectivity index (χ3v) is 6.24. The molecule has 0 spiro atoms. The fourth-order valence-electron chi connectivity index (χ4n) is 3.61. The van der Waals surface area contributed by atoms with Gasteiger partial charge in [0.1, 0.15) is 0 Å². The normalized spacial score (nSPS) is 29.0. The van der Waals surface area contributed by atoms with E-state index in [1.165, 1.54) is 38.4 Å². The second-order valence-electron chi connectivity index (χ2n) is 6.54. The molecular formula is C15H31N3O2S. The Morgan fingerprint density at radius 3 is 2.48 bits per heavy atom. The highest BCUT2D eigenvalue weighted by Crippen LogP contribution is 2.28. The van der Waals surface area contributed by atoms with E-state index in [0.717, 1.165) is 32.1 Å². The molecule has 1 N–H and O–H groups in total. The van der Waals surface area contributed by atoms with Crippen molar-refractivity contribution in [1.29, 1.82) is 0 Å². The molecule has 6 heteroatoms. The van der Waals surface area contributed by atoms with E-state index in [1.807, 2.05) is 0 Å². The first-order chi connectivity index (χ1) is 10.0. The van der Waals surface area contributed by atoms with Crippen LogP contribution in [0.4, 0.5) is 0 Å². The van der Waals surface area contributed by atoms with Crippen molar-refractivity contribution < 1.29 is 8.42 Å². The average Bonchev–Trinajstić information content (AvgIpc) is 2.90.